The van der Waals surface area contributed by atoms with Crippen LogP contribution in [0.4, 0.5) is 0 Å². The van der Waals surface area contributed by atoms with Crippen LogP contribution in [-0.2, 0) is 16.4 Å². The van der Waals surface area contributed by atoms with Gasteiger partial charge in [-0.25, -0.2) is 8.42 Å². The Bertz CT molecular complexity index is 474. The average Bonchev–Trinajstić information content (AvgIpc) is 2.21. The van der Waals surface area contributed by atoms with Gasteiger partial charge in [-0.3, -0.25) is 0 Å². The van der Waals surface area contributed by atoms with Crippen molar-refractivity contribution in [2.75, 3.05) is 24.8 Å². The summed E-state index contributed by atoms with van der Waals surface area (Å²) in [5, 5.41) is 3.77. The summed E-state index contributed by atoms with van der Waals surface area (Å²) in [6.07, 6.45) is 1.25. The van der Waals surface area contributed by atoms with Gasteiger partial charge < -0.3 is 5.32 Å². The van der Waals surface area contributed by atoms with Crippen LogP contribution in [0.2, 0.25) is 5.02 Å². The maximum Gasteiger partial charge on any atom is 0.148 e. The van der Waals surface area contributed by atoms with Gasteiger partial charge in [-0.15, -0.1) is 11.8 Å². The highest BCUT2D eigenvalue weighted by Crippen LogP contribution is 2.28. The van der Waals surface area contributed by atoms with Crippen molar-refractivity contribution in [2.45, 2.75) is 11.4 Å². The maximum absolute atomic E-state index is 11.0. The van der Waals surface area contributed by atoms with Crippen LogP contribution in [0.5, 0.6) is 0 Å². The van der Waals surface area contributed by atoms with E-state index in [1.807, 2.05) is 25.2 Å². The van der Waals surface area contributed by atoms with E-state index in [9.17, 15) is 8.42 Å². The minimum absolute atomic E-state index is 0.184. The number of thioether (sulfide) groups is 1. The van der Waals surface area contributed by atoms with Crippen molar-refractivity contribution in [2.24, 2.45) is 0 Å². The summed E-state index contributed by atoms with van der Waals surface area (Å²) in [5.41, 5.74) is 1.02. The third kappa shape index (κ3) is 5.29. The van der Waals surface area contributed by atoms with Crippen molar-refractivity contribution >= 4 is 33.2 Å². The molecule has 1 rings (SSSR count). The first-order valence-corrected chi connectivity index (χ1v) is 8.59. The molecule has 0 atom stereocenters. The molecule has 0 aromatic heterocycles. The molecule has 0 radical (unpaired) electrons. The summed E-state index contributed by atoms with van der Waals surface area (Å²) in [6.45, 7) is 0.681. The fourth-order valence-corrected chi connectivity index (χ4v) is 3.92. The zero-order chi connectivity index (χ0) is 12.9. The first-order valence-electron chi connectivity index (χ1n) is 5.16. The Morgan fingerprint density at radius 2 is 2.12 bits per heavy atom. The molecule has 6 heteroatoms. The molecule has 0 fully saturated rings. The third-order valence-corrected chi connectivity index (χ3v) is 4.80. The second kappa shape index (κ2) is 6.64. The molecule has 0 unspecified atom stereocenters. The monoisotopic (exact) mass is 293 g/mol. The second-order valence-corrected chi connectivity index (χ2v) is 7.53. The number of hydrogen-bond donors (Lipinski definition) is 1. The third-order valence-electron chi connectivity index (χ3n) is 2.14. The predicted molar refractivity (Wildman–Crippen MR) is 74.7 cm³/mol. The SMILES string of the molecule is CNCc1c(Cl)cccc1SCCS(C)(=O)=O. The predicted octanol–water partition coefficient (Wildman–Crippen LogP) is 2.20. The van der Waals surface area contributed by atoms with Crippen molar-refractivity contribution in [3.63, 3.8) is 0 Å². The van der Waals surface area contributed by atoms with Crippen LogP contribution in [0.15, 0.2) is 23.1 Å². The molecule has 0 spiro atoms. The summed E-state index contributed by atoms with van der Waals surface area (Å²) >= 11 is 7.63. The van der Waals surface area contributed by atoms with Crippen LogP contribution in [0.25, 0.3) is 0 Å². The zero-order valence-electron chi connectivity index (χ0n) is 9.86. The Labute approximate surface area is 112 Å². The number of rotatable bonds is 6. The minimum atomic E-state index is -2.90. The van der Waals surface area contributed by atoms with E-state index in [4.69, 9.17) is 11.6 Å². The van der Waals surface area contributed by atoms with Gasteiger partial charge in [0.2, 0.25) is 0 Å². The van der Waals surface area contributed by atoms with Crippen LogP contribution in [-0.4, -0.2) is 33.2 Å². The molecule has 0 saturated heterocycles. The molecule has 0 aliphatic heterocycles. The van der Waals surface area contributed by atoms with Crippen LogP contribution < -0.4 is 5.32 Å². The number of sulfone groups is 1. The van der Waals surface area contributed by atoms with Crippen LogP contribution in [0.1, 0.15) is 5.56 Å². The summed E-state index contributed by atoms with van der Waals surface area (Å²) in [4.78, 5) is 1.04. The van der Waals surface area contributed by atoms with Crippen molar-refractivity contribution < 1.29 is 8.42 Å². The highest BCUT2D eigenvalue weighted by Gasteiger charge is 2.08. The van der Waals surface area contributed by atoms with Gasteiger partial charge in [-0.05, 0) is 24.7 Å². The van der Waals surface area contributed by atoms with E-state index in [0.717, 1.165) is 10.5 Å². The number of hydrogen-bond acceptors (Lipinski definition) is 4. The molecule has 0 heterocycles. The van der Waals surface area contributed by atoms with Crippen molar-refractivity contribution in [3.8, 4) is 0 Å². The first kappa shape index (κ1) is 14.8. The van der Waals surface area contributed by atoms with Crippen LogP contribution in [0, 0.1) is 0 Å². The molecule has 0 bridgehead atoms. The largest absolute Gasteiger partial charge is 0.316 e. The average molecular weight is 294 g/mol. The number of nitrogens with one attached hydrogen (secondary N) is 1. The molecule has 17 heavy (non-hydrogen) atoms. The van der Waals surface area contributed by atoms with Crippen LogP contribution in [0.3, 0.4) is 0 Å². The second-order valence-electron chi connectivity index (χ2n) is 3.73. The number of benzene rings is 1. The highest BCUT2D eigenvalue weighted by molar-refractivity contribution is 8.00. The lowest BCUT2D eigenvalue weighted by Crippen LogP contribution is -2.08. The van der Waals surface area contributed by atoms with E-state index in [-0.39, 0.29) is 5.75 Å². The molecular weight excluding hydrogens is 278 g/mol. The summed E-state index contributed by atoms with van der Waals surface area (Å²) in [6, 6.07) is 5.69. The lowest BCUT2D eigenvalue weighted by atomic mass is 10.2. The van der Waals surface area contributed by atoms with Crippen molar-refractivity contribution in [1.82, 2.24) is 5.32 Å². The quantitative estimate of drug-likeness (QED) is 0.817. The van der Waals surface area contributed by atoms with Crippen molar-refractivity contribution in [3.05, 3.63) is 28.8 Å². The van der Waals surface area contributed by atoms with Gasteiger partial charge in [0.05, 0.1) is 5.75 Å². The van der Waals surface area contributed by atoms with Gasteiger partial charge in [0.1, 0.15) is 9.84 Å². The Hall–Kier alpha value is -0.230. The van der Waals surface area contributed by atoms with E-state index in [1.54, 1.807) is 0 Å². The Balaban J connectivity index is 2.73. The van der Waals surface area contributed by atoms with Gasteiger partial charge in [-0.2, -0.15) is 0 Å². The Morgan fingerprint density at radius 3 is 2.71 bits per heavy atom. The minimum Gasteiger partial charge on any atom is -0.316 e. The molecule has 1 N–H and O–H groups in total. The molecule has 0 aliphatic carbocycles. The molecule has 96 valence electrons. The normalized spacial score (nSPS) is 11.7. The van der Waals surface area contributed by atoms with E-state index in [1.165, 1.54) is 18.0 Å². The zero-order valence-corrected chi connectivity index (χ0v) is 12.3. The first-order chi connectivity index (χ1) is 7.94. The van der Waals surface area contributed by atoms with E-state index >= 15 is 0 Å². The van der Waals surface area contributed by atoms with Gasteiger partial charge in [-0.1, -0.05) is 17.7 Å². The molecule has 0 amide bonds. The van der Waals surface area contributed by atoms with Gasteiger partial charge in [0.15, 0.2) is 0 Å². The maximum atomic E-state index is 11.0. The lowest BCUT2D eigenvalue weighted by Gasteiger charge is -2.10. The Morgan fingerprint density at radius 1 is 1.41 bits per heavy atom. The molecule has 3 nitrogen and oxygen atoms in total. The topological polar surface area (TPSA) is 46.2 Å². The van der Waals surface area contributed by atoms with Crippen molar-refractivity contribution in [1.29, 1.82) is 0 Å². The fraction of sp³-hybridized carbons (Fsp3) is 0.455. The van der Waals surface area contributed by atoms with Gasteiger partial charge >= 0.3 is 0 Å². The van der Waals surface area contributed by atoms with Gasteiger partial charge in [0, 0.05) is 28.5 Å². The number of halogens is 1. The van der Waals surface area contributed by atoms with E-state index in [2.05, 4.69) is 5.32 Å². The molecule has 0 saturated carbocycles. The summed E-state index contributed by atoms with van der Waals surface area (Å²) in [5.74, 6) is 0.735. The standard InChI is InChI=1S/C11H16ClNO2S2/c1-13-8-9-10(12)4-3-5-11(9)16-6-7-17(2,14)15/h3-5,13H,6-8H2,1-2H3. The van der Waals surface area contributed by atoms with Crippen LogP contribution >= 0.6 is 23.4 Å². The molecule has 0 aliphatic rings. The van der Waals surface area contributed by atoms with E-state index < -0.39 is 9.84 Å². The summed E-state index contributed by atoms with van der Waals surface area (Å²) < 4.78 is 22.1. The molecular formula is C11H16ClNO2S2. The molecule has 1 aromatic rings. The van der Waals surface area contributed by atoms with Gasteiger partial charge in [0.25, 0.3) is 0 Å². The molecule has 1 aromatic carbocycles. The van der Waals surface area contributed by atoms with E-state index in [0.29, 0.717) is 17.3 Å². The Kier molecular flexibility index (Phi) is 5.79. The smallest absolute Gasteiger partial charge is 0.148 e. The fourth-order valence-electron chi connectivity index (χ4n) is 1.33. The highest BCUT2D eigenvalue weighted by atomic mass is 35.5. The lowest BCUT2D eigenvalue weighted by molar-refractivity contribution is 0.603. The summed E-state index contributed by atoms with van der Waals surface area (Å²) in [7, 11) is -1.04.